The monoisotopic (exact) mass is 714 g/mol. The Morgan fingerprint density at radius 1 is 0.865 bits per heavy atom. The number of aromatic nitrogens is 4. The number of aryl methyl sites for hydroxylation is 1. The summed E-state index contributed by atoms with van der Waals surface area (Å²) in [5.74, 6) is 2.08. The first kappa shape index (κ1) is 34.9. The summed E-state index contributed by atoms with van der Waals surface area (Å²) in [7, 11) is 1.81. The summed E-state index contributed by atoms with van der Waals surface area (Å²) >= 11 is 1.54. The fourth-order valence-corrected chi connectivity index (χ4v) is 6.76. The van der Waals surface area contributed by atoms with Gasteiger partial charge in [0.2, 0.25) is 5.16 Å². The average molecular weight is 715 g/mol. The molecule has 0 spiro atoms. The zero-order valence-electron chi connectivity index (χ0n) is 28.5. The van der Waals surface area contributed by atoms with Gasteiger partial charge in [0.15, 0.2) is 6.29 Å². The second-order valence-electron chi connectivity index (χ2n) is 12.3. The van der Waals surface area contributed by atoms with Crippen molar-refractivity contribution in [3.8, 4) is 22.6 Å². The molecular weight excluding hydrogens is 677 g/mol. The molecule has 2 amide bonds. The van der Waals surface area contributed by atoms with Gasteiger partial charge in [0, 0.05) is 37.0 Å². The lowest BCUT2D eigenvalue weighted by atomic mass is 9.98. The number of thioether (sulfide) groups is 1. The Balaban J connectivity index is 0.999. The highest BCUT2D eigenvalue weighted by molar-refractivity contribution is 7.99. The number of rotatable bonds is 12. The topological polar surface area (TPSA) is 133 Å². The molecule has 3 unspecified atom stereocenters. The lowest BCUT2D eigenvalue weighted by molar-refractivity contribution is -0.245. The first-order valence-corrected chi connectivity index (χ1v) is 17.9. The van der Waals surface area contributed by atoms with E-state index in [1.54, 1.807) is 28.6 Å². The predicted molar refractivity (Wildman–Crippen MR) is 199 cm³/mol. The number of benzene rings is 5. The van der Waals surface area contributed by atoms with Crippen molar-refractivity contribution in [3.63, 3.8) is 0 Å². The molecular formula is C40H38N6O5S. The van der Waals surface area contributed by atoms with Crippen molar-refractivity contribution in [3.05, 3.63) is 150 Å². The van der Waals surface area contributed by atoms with Gasteiger partial charge < -0.3 is 30.0 Å². The van der Waals surface area contributed by atoms with Crippen LogP contribution in [0.5, 0.6) is 11.5 Å². The van der Waals surface area contributed by atoms with Crippen LogP contribution in [0.25, 0.3) is 11.1 Å². The van der Waals surface area contributed by atoms with Crippen molar-refractivity contribution in [1.82, 2.24) is 25.5 Å². The first-order valence-electron chi connectivity index (χ1n) is 16.9. The van der Waals surface area contributed by atoms with Gasteiger partial charge >= 0.3 is 6.03 Å². The number of nitrogens with one attached hydrogen (secondary N) is 2. The molecule has 2 heterocycles. The van der Waals surface area contributed by atoms with Gasteiger partial charge in [-0.1, -0.05) is 103 Å². The van der Waals surface area contributed by atoms with E-state index in [9.17, 15) is 9.90 Å². The summed E-state index contributed by atoms with van der Waals surface area (Å²) in [5.41, 5.74) is 6.41. The minimum absolute atomic E-state index is 0.0121. The smallest absolute Gasteiger partial charge is 0.319 e. The fourth-order valence-electron chi connectivity index (χ4n) is 5.89. The van der Waals surface area contributed by atoms with Gasteiger partial charge in [-0.15, -0.1) is 5.10 Å². The van der Waals surface area contributed by atoms with Gasteiger partial charge in [-0.25, -0.2) is 9.48 Å². The molecule has 0 saturated carbocycles. The maximum absolute atomic E-state index is 12.8. The van der Waals surface area contributed by atoms with Crippen LogP contribution in [-0.4, -0.2) is 43.2 Å². The third kappa shape index (κ3) is 8.85. The van der Waals surface area contributed by atoms with Gasteiger partial charge in [0.05, 0.1) is 18.8 Å². The van der Waals surface area contributed by atoms with Gasteiger partial charge in [0.25, 0.3) is 0 Å². The number of ether oxygens (including phenoxy) is 3. The fraction of sp³-hybridized carbons (Fsp3) is 0.200. The summed E-state index contributed by atoms with van der Waals surface area (Å²) in [4.78, 5) is 12.8. The molecule has 7 rings (SSSR count). The summed E-state index contributed by atoms with van der Waals surface area (Å²) in [6, 6.07) is 40.5. The third-order valence-electron chi connectivity index (χ3n) is 8.64. The largest absolute Gasteiger partial charge is 0.457 e. The average Bonchev–Trinajstić information content (AvgIpc) is 3.61. The molecule has 11 nitrogen and oxygen atoms in total. The maximum Gasteiger partial charge on any atom is 0.319 e. The van der Waals surface area contributed by atoms with Crippen molar-refractivity contribution in [1.29, 1.82) is 0 Å². The van der Waals surface area contributed by atoms with E-state index in [1.165, 1.54) is 0 Å². The Labute approximate surface area is 305 Å². The summed E-state index contributed by atoms with van der Waals surface area (Å²) in [5, 5.41) is 27.9. The molecule has 1 aliphatic heterocycles. The van der Waals surface area contributed by atoms with E-state index < -0.39 is 6.29 Å². The summed E-state index contributed by atoms with van der Waals surface area (Å²) < 4.78 is 20.5. The number of carbonyl (C=O) groups is 1. The van der Waals surface area contributed by atoms with E-state index in [0.717, 1.165) is 39.1 Å². The van der Waals surface area contributed by atoms with Crippen LogP contribution >= 0.6 is 11.8 Å². The van der Waals surface area contributed by atoms with Gasteiger partial charge in [-0.2, -0.15) is 0 Å². The minimum Gasteiger partial charge on any atom is -0.457 e. The van der Waals surface area contributed by atoms with Crippen LogP contribution in [0.4, 0.5) is 10.5 Å². The van der Waals surface area contributed by atoms with Gasteiger partial charge in [-0.05, 0) is 74.6 Å². The lowest BCUT2D eigenvalue weighted by Gasteiger charge is -2.36. The number of hydrogen-bond donors (Lipinski definition) is 3. The van der Waals surface area contributed by atoms with Gasteiger partial charge in [0.1, 0.15) is 11.5 Å². The van der Waals surface area contributed by atoms with E-state index in [0.29, 0.717) is 35.3 Å². The molecule has 0 bridgehead atoms. The SMILES string of the molecule is Cn1nnnc1SCC1CC(c2ccc(CO)cc2)OC(c2ccc(-c3ccccc3CNC(=O)Nc3ccc(Oc4ccccc4)cc3)cc2)O1. The van der Waals surface area contributed by atoms with Crippen LogP contribution in [0.3, 0.4) is 0 Å². The Kier molecular flexibility index (Phi) is 11.2. The van der Waals surface area contributed by atoms with E-state index in [4.69, 9.17) is 14.2 Å². The van der Waals surface area contributed by atoms with E-state index in [-0.39, 0.29) is 24.8 Å². The number of amides is 2. The number of urea groups is 1. The van der Waals surface area contributed by atoms with Crippen molar-refractivity contribution in [2.24, 2.45) is 7.05 Å². The molecule has 1 saturated heterocycles. The zero-order valence-corrected chi connectivity index (χ0v) is 29.3. The second-order valence-corrected chi connectivity index (χ2v) is 13.3. The second kappa shape index (κ2) is 16.7. The zero-order chi connectivity index (χ0) is 35.7. The van der Waals surface area contributed by atoms with Crippen molar-refractivity contribution >= 4 is 23.5 Å². The number of para-hydroxylation sites is 1. The molecule has 3 N–H and O–H groups in total. The van der Waals surface area contributed by atoms with Crippen molar-refractivity contribution in [2.75, 3.05) is 11.1 Å². The Morgan fingerprint density at radius 3 is 2.31 bits per heavy atom. The number of nitrogens with zero attached hydrogens (tertiary/aromatic N) is 4. The highest BCUT2D eigenvalue weighted by Gasteiger charge is 2.32. The predicted octanol–water partition coefficient (Wildman–Crippen LogP) is 7.82. The van der Waals surface area contributed by atoms with E-state index in [2.05, 4.69) is 38.3 Å². The molecule has 6 aromatic rings. The quantitative estimate of drug-likeness (QED) is 0.109. The number of carbonyl (C=O) groups excluding carboxylic acids is 1. The highest BCUT2D eigenvalue weighted by Crippen LogP contribution is 2.40. The summed E-state index contributed by atoms with van der Waals surface area (Å²) in [6.45, 7) is 0.326. The Hall–Kier alpha value is -5.53. The Bertz CT molecular complexity index is 2060. The van der Waals surface area contributed by atoms with Crippen LogP contribution in [0.2, 0.25) is 0 Å². The van der Waals surface area contributed by atoms with Crippen LogP contribution in [0.1, 0.15) is 41.1 Å². The standard InChI is InChI=1S/C40H38N6O5S/c1-46-40(43-44-45-46)52-26-35-23-37(29-13-11-27(25-47)12-14-29)51-38(50-35)30-17-15-28(16-18-30)36-10-6-5-7-31(36)24-41-39(48)42-32-19-21-34(22-20-32)49-33-8-3-2-4-9-33/h2-22,35,37-38,47H,23-26H2,1H3,(H2,41,42,48). The molecule has 264 valence electrons. The van der Waals surface area contributed by atoms with Crippen LogP contribution in [0.15, 0.2) is 133 Å². The minimum atomic E-state index is -0.590. The number of hydrogen-bond acceptors (Lipinski definition) is 9. The molecule has 0 aliphatic carbocycles. The molecule has 3 atom stereocenters. The number of anilines is 1. The van der Waals surface area contributed by atoms with E-state index in [1.807, 2.05) is 110 Å². The maximum atomic E-state index is 12.8. The molecule has 0 radical (unpaired) electrons. The lowest BCUT2D eigenvalue weighted by Crippen LogP contribution is -2.31. The number of tetrazole rings is 1. The number of aliphatic hydroxyl groups excluding tert-OH is 1. The van der Waals surface area contributed by atoms with Crippen molar-refractivity contribution in [2.45, 2.75) is 43.2 Å². The first-order chi connectivity index (χ1) is 25.5. The molecule has 1 fully saturated rings. The van der Waals surface area contributed by atoms with E-state index >= 15 is 0 Å². The van der Waals surface area contributed by atoms with Crippen LogP contribution in [-0.2, 0) is 29.7 Å². The van der Waals surface area contributed by atoms with Crippen LogP contribution in [0, 0.1) is 0 Å². The molecule has 1 aromatic heterocycles. The molecule has 1 aliphatic rings. The number of aliphatic hydroxyl groups is 1. The third-order valence-corrected chi connectivity index (χ3v) is 9.78. The van der Waals surface area contributed by atoms with Crippen LogP contribution < -0.4 is 15.4 Å². The Morgan fingerprint density at radius 2 is 1.58 bits per heavy atom. The summed E-state index contributed by atoms with van der Waals surface area (Å²) in [6.07, 6.45) is -0.255. The normalized spacial score (nSPS) is 17.0. The molecule has 52 heavy (non-hydrogen) atoms. The van der Waals surface area contributed by atoms with Gasteiger partial charge in [-0.3, -0.25) is 0 Å². The highest BCUT2D eigenvalue weighted by atomic mass is 32.2. The molecule has 5 aromatic carbocycles. The molecule has 12 heteroatoms. The van der Waals surface area contributed by atoms with Crippen molar-refractivity contribution < 1.29 is 24.1 Å².